The van der Waals surface area contributed by atoms with Crippen LogP contribution in [0.2, 0.25) is 0 Å². The highest BCUT2D eigenvalue weighted by Crippen LogP contribution is 2.43. The molecule has 1 amide bonds. The molecule has 132 valence electrons. The van der Waals surface area contributed by atoms with Crippen molar-refractivity contribution in [2.75, 3.05) is 13.1 Å². The summed E-state index contributed by atoms with van der Waals surface area (Å²) in [6, 6.07) is 14.0. The molecule has 0 aliphatic carbocycles. The molecule has 2 saturated heterocycles. The average molecular weight is 346 g/mol. The molecule has 0 bridgehead atoms. The number of hydrogen-bond donors (Lipinski definition) is 1. The highest BCUT2D eigenvalue weighted by molar-refractivity contribution is 5.81. The zero-order chi connectivity index (χ0) is 18.0. The summed E-state index contributed by atoms with van der Waals surface area (Å²) in [5.41, 5.74) is 2.88. The van der Waals surface area contributed by atoms with Gasteiger partial charge in [-0.1, -0.05) is 18.2 Å². The molecule has 4 rings (SSSR count). The summed E-state index contributed by atoms with van der Waals surface area (Å²) in [5.74, 6) is 0.349. The molecule has 2 fully saturated rings. The molecule has 3 heterocycles. The van der Waals surface area contributed by atoms with Gasteiger partial charge in [-0.05, 0) is 42.2 Å². The lowest BCUT2D eigenvalue weighted by Crippen LogP contribution is -2.53. The third kappa shape index (κ3) is 3.21. The van der Waals surface area contributed by atoms with Crippen LogP contribution in [0, 0.1) is 11.3 Å². The van der Waals surface area contributed by atoms with Crippen molar-refractivity contribution in [1.82, 2.24) is 15.2 Å². The lowest BCUT2D eigenvalue weighted by Gasteiger charge is -2.43. The van der Waals surface area contributed by atoms with Crippen molar-refractivity contribution in [3.05, 3.63) is 65.5 Å². The number of carbonyl (C=O) groups is 1. The zero-order valence-corrected chi connectivity index (χ0v) is 14.7. The normalized spacial score (nSPS) is 22.1. The zero-order valence-electron chi connectivity index (χ0n) is 14.7. The monoisotopic (exact) mass is 346 g/mol. The molecule has 2 aromatic rings. The van der Waals surface area contributed by atoms with Crippen molar-refractivity contribution in [3.8, 4) is 6.07 Å². The highest BCUT2D eigenvalue weighted by Gasteiger charge is 2.48. The molecule has 1 spiro atoms. The number of benzene rings is 1. The summed E-state index contributed by atoms with van der Waals surface area (Å²) in [4.78, 5) is 18.8. The Labute approximate surface area is 153 Å². The van der Waals surface area contributed by atoms with Gasteiger partial charge < -0.3 is 5.32 Å². The second-order valence-electron chi connectivity index (χ2n) is 7.34. The van der Waals surface area contributed by atoms with Crippen LogP contribution in [-0.4, -0.2) is 34.4 Å². The number of hydrogen-bond acceptors (Lipinski definition) is 4. The molecule has 0 saturated carbocycles. The van der Waals surface area contributed by atoms with Gasteiger partial charge in [-0.25, -0.2) is 0 Å². The van der Waals surface area contributed by atoms with E-state index in [2.05, 4.69) is 33.4 Å². The van der Waals surface area contributed by atoms with E-state index < -0.39 is 0 Å². The first-order valence-electron chi connectivity index (χ1n) is 9.11. The molecule has 0 radical (unpaired) electrons. The summed E-state index contributed by atoms with van der Waals surface area (Å²) in [6.07, 6.45) is 6.10. The van der Waals surface area contributed by atoms with E-state index in [1.807, 2.05) is 30.5 Å². The van der Waals surface area contributed by atoms with Crippen LogP contribution in [0.25, 0.3) is 0 Å². The van der Waals surface area contributed by atoms with Crippen LogP contribution in [0.1, 0.15) is 41.9 Å². The maximum atomic E-state index is 12.2. The lowest BCUT2D eigenvalue weighted by molar-refractivity contribution is -0.120. The van der Waals surface area contributed by atoms with Crippen molar-refractivity contribution < 1.29 is 4.79 Å². The second kappa shape index (κ2) is 6.89. The number of rotatable bonds is 3. The van der Waals surface area contributed by atoms with E-state index in [1.54, 1.807) is 6.20 Å². The standard InChI is InChI=1S/C21H22N4O/c22-13-16-3-1-4-17(11-16)15-25-9-6-21(7-10-25)19(12-20(26)24-21)18-5-2-8-23-14-18/h1-5,8,11,14,19H,6-7,9-10,12,15H2,(H,24,26)/t19-/m0/s1. The van der Waals surface area contributed by atoms with Gasteiger partial charge in [0.25, 0.3) is 0 Å². The first kappa shape index (κ1) is 16.7. The topological polar surface area (TPSA) is 69.0 Å². The van der Waals surface area contributed by atoms with Gasteiger partial charge in [-0.2, -0.15) is 5.26 Å². The number of likely N-dealkylation sites (tertiary alicyclic amines) is 1. The van der Waals surface area contributed by atoms with Gasteiger partial charge in [-0.15, -0.1) is 0 Å². The third-order valence-corrected chi connectivity index (χ3v) is 5.74. The molecule has 26 heavy (non-hydrogen) atoms. The molecule has 2 aliphatic rings. The van der Waals surface area contributed by atoms with Crippen molar-refractivity contribution >= 4 is 5.91 Å². The van der Waals surface area contributed by atoms with Crippen LogP contribution in [0.3, 0.4) is 0 Å². The number of nitriles is 1. The first-order valence-corrected chi connectivity index (χ1v) is 9.11. The van der Waals surface area contributed by atoms with E-state index in [0.717, 1.165) is 38.0 Å². The van der Waals surface area contributed by atoms with Gasteiger partial charge in [0, 0.05) is 49.9 Å². The SMILES string of the molecule is N#Cc1cccc(CN2CCC3(CC2)NC(=O)C[C@H]3c2cccnc2)c1. The number of nitrogens with one attached hydrogen (secondary N) is 1. The quantitative estimate of drug-likeness (QED) is 0.927. The maximum absolute atomic E-state index is 12.2. The Morgan fingerprint density at radius 1 is 1.27 bits per heavy atom. The van der Waals surface area contributed by atoms with Gasteiger partial charge in [0.1, 0.15) is 0 Å². The first-order chi connectivity index (χ1) is 12.7. The van der Waals surface area contributed by atoms with Gasteiger partial charge in [0.2, 0.25) is 5.91 Å². The Morgan fingerprint density at radius 2 is 2.12 bits per heavy atom. The Balaban J connectivity index is 1.46. The van der Waals surface area contributed by atoms with Crippen LogP contribution < -0.4 is 5.32 Å². The highest BCUT2D eigenvalue weighted by atomic mass is 16.2. The smallest absolute Gasteiger partial charge is 0.221 e. The Bertz CT molecular complexity index is 835. The molecule has 2 aliphatic heterocycles. The number of nitrogens with zero attached hydrogens (tertiary/aromatic N) is 3. The predicted octanol–water partition coefficient (Wildman–Crippen LogP) is 2.59. The lowest BCUT2D eigenvalue weighted by atomic mass is 9.74. The Hall–Kier alpha value is -2.71. The molecule has 1 aromatic heterocycles. The van der Waals surface area contributed by atoms with Crippen LogP contribution >= 0.6 is 0 Å². The fraction of sp³-hybridized carbons (Fsp3) is 0.381. The minimum absolute atomic E-state index is 0.147. The molecule has 5 heteroatoms. The summed E-state index contributed by atoms with van der Waals surface area (Å²) in [5, 5.41) is 12.3. The van der Waals surface area contributed by atoms with Crippen LogP contribution in [-0.2, 0) is 11.3 Å². The van der Waals surface area contributed by atoms with Crippen molar-refractivity contribution in [1.29, 1.82) is 5.26 Å². The summed E-state index contributed by atoms with van der Waals surface area (Å²) in [7, 11) is 0. The second-order valence-corrected chi connectivity index (χ2v) is 7.34. The minimum atomic E-state index is -0.148. The van der Waals surface area contributed by atoms with E-state index >= 15 is 0 Å². The fourth-order valence-corrected chi connectivity index (χ4v) is 4.40. The number of piperidine rings is 1. The van der Waals surface area contributed by atoms with Crippen LogP contribution in [0.15, 0.2) is 48.8 Å². The molecular formula is C21H22N4O. The molecule has 0 unspecified atom stereocenters. The number of carbonyl (C=O) groups excluding carboxylic acids is 1. The summed E-state index contributed by atoms with van der Waals surface area (Å²) < 4.78 is 0. The van der Waals surface area contributed by atoms with Crippen LogP contribution in [0.5, 0.6) is 0 Å². The maximum Gasteiger partial charge on any atom is 0.221 e. The average Bonchev–Trinajstić information content (AvgIpc) is 3.00. The molecular weight excluding hydrogens is 324 g/mol. The van der Waals surface area contributed by atoms with Gasteiger partial charge >= 0.3 is 0 Å². The van der Waals surface area contributed by atoms with Gasteiger partial charge in [0.05, 0.1) is 11.6 Å². The van der Waals surface area contributed by atoms with E-state index in [1.165, 1.54) is 5.56 Å². The Morgan fingerprint density at radius 3 is 2.85 bits per heavy atom. The summed E-state index contributed by atoms with van der Waals surface area (Å²) >= 11 is 0. The largest absolute Gasteiger partial charge is 0.350 e. The number of pyridine rings is 1. The third-order valence-electron chi connectivity index (χ3n) is 5.74. The minimum Gasteiger partial charge on any atom is -0.350 e. The van der Waals surface area contributed by atoms with Crippen LogP contribution in [0.4, 0.5) is 0 Å². The van der Waals surface area contributed by atoms with Crippen molar-refractivity contribution in [3.63, 3.8) is 0 Å². The van der Waals surface area contributed by atoms with Crippen molar-refractivity contribution in [2.45, 2.75) is 37.3 Å². The van der Waals surface area contributed by atoms with Crippen molar-refractivity contribution in [2.24, 2.45) is 0 Å². The van der Waals surface area contributed by atoms with Gasteiger partial charge in [-0.3, -0.25) is 14.7 Å². The predicted molar refractivity (Wildman–Crippen MR) is 98.1 cm³/mol. The van der Waals surface area contributed by atoms with E-state index in [0.29, 0.717) is 12.0 Å². The number of amides is 1. The Kier molecular flexibility index (Phi) is 4.44. The van der Waals surface area contributed by atoms with Gasteiger partial charge in [0.15, 0.2) is 0 Å². The van der Waals surface area contributed by atoms with E-state index in [9.17, 15) is 4.79 Å². The van der Waals surface area contributed by atoms with E-state index in [4.69, 9.17) is 5.26 Å². The molecule has 1 atom stereocenters. The molecule has 5 nitrogen and oxygen atoms in total. The van der Waals surface area contributed by atoms with E-state index in [-0.39, 0.29) is 17.4 Å². The molecule has 1 N–H and O–H groups in total. The number of aromatic nitrogens is 1. The summed E-state index contributed by atoms with van der Waals surface area (Å²) in [6.45, 7) is 2.72. The molecule has 1 aromatic carbocycles. The fourth-order valence-electron chi connectivity index (χ4n) is 4.40.